The second kappa shape index (κ2) is 6.23. The molecule has 0 saturated heterocycles. The monoisotopic (exact) mass is 227 g/mol. The van der Waals surface area contributed by atoms with Crippen LogP contribution < -0.4 is 5.32 Å². The van der Waals surface area contributed by atoms with Gasteiger partial charge in [-0.05, 0) is 12.1 Å². The molecule has 0 atom stereocenters. The lowest BCUT2D eigenvalue weighted by molar-refractivity contribution is -0.105. The van der Waals surface area contributed by atoms with E-state index in [1.807, 2.05) is 0 Å². The molecule has 0 heterocycles. The first-order valence-electron chi connectivity index (χ1n) is 5.03. The first kappa shape index (κ1) is 12.6. The number of hydrogen-bond acceptors (Lipinski definition) is 2. The molecule has 1 amide bonds. The Hall–Kier alpha value is -2.42. The zero-order valence-corrected chi connectivity index (χ0v) is 9.35. The lowest BCUT2D eigenvalue weighted by Crippen LogP contribution is -2.06. The molecule has 1 aromatic carbocycles. The van der Waals surface area contributed by atoms with Gasteiger partial charge in [-0.15, -0.1) is 0 Å². The fourth-order valence-electron chi connectivity index (χ4n) is 1.39. The van der Waals surface area contributed by atoms with Crippen LogP contribution in [0.2, 0.25) is 0 Å². The molecule has 0 unspecified atom stereocenters. The van der Waals surface area contributed by atoms with Crippen molar-refractivity contribution in [3.63, 3.8) is 0 Å². The number of amides is 1. The summed E-state index contributed by atoms with van der Waals surface area (Å²) >= 11 is 0. The smallest absolute Gasteiger partial charge is 0.211 e. The van der Waals surface area contributed by atoms with Crippen molar-refractivity contribution in [2.75, 3.05) is 5.32 Å². The lowest BCUT2D eigenvalue weighted by atomic mass is 10.0. The Balaban J connectivity index is 3.19. The molecule has 17 heavy (non-hydrogen) atoms. The number of hydrogen-bond donors (Lipinski definition) is 1. The van der Waals surface area contributed by atoms with E-state index in [2.05, 4.69) is 18.5 Å². The van der Waals surface area contributed by atoms with Crippen molar-refractivity contribution in [1.82, 2.24) is 0 Å². The molecular formula is C14H13NO2. The molecule has 0 aliphatic rings. The predicted molar refractivity (Wildman–Crippen MR) is 68.9 cm³/mol. The molecule has 0 radical (unpaired) electrons. The lowest BCUT2D eigenvalue weighted by Gasteiger charge is -2.07. The SMILES string of the molecule is C=C/C=C(\C=C)C(=O)c1ccccc1NC=O. The molecule has 0 aliphatic heterocycles. The van der Waals surface area contributed by atoms with E-state index in [-0.39, 0.29) is 5.78 Å². The minimum Gasteiger partial charge on any atom is -0.328 e. The van der Waals surface area contributed by atoms with Gasteiger partial charge >= 0.3 is 0 Å². The number of nitrogens with one attached hydrogen (secondary N) is 1. The van der Waals surface area contributed by atoms with Crippen LogP contribution >= 0.6 is 0 Å². The summed E-state index contributed by atoms with van der Waals surface area (Å²) in [6, 6.07) is 6.79. The second-order valence-electron chi connectivity index (χ2n) is 3.20. The standard InChI is InChI=1S/C14H13NO2/c1-3-7-11(4-2)14(17)12-8-5-6-9-13(12)15-10-16/h3-10H,1-2H2,(H,15,16)/b11-7+. The maximum atomic E-state index is 12.1. The number of anilines is 1. The third-order valence-electron chi connectivity index (χ3n) is 2.17. The van der Waals surface area contributed by atoms with Crippen LogP contribution in [0, 0.1) is 0 Å². The number of rotatable bonds is 6. The largest absolute Gasteiger partial charge is 0.328 e. The fraction of sp³-hybridized carbons (Fsp3) is 0. The van der Waals surface area contributed by atoms with Gasteiger partial charge in [-0.3, -0.25) is 9.59 Å². The molecule has 3 nitrogen and oxygen atoms in total. The van der Waals surface area contributed by atoms with E-state index in [1.165, 1.54) is 12.2 Å². The molecule has 3 heteroatoms. The van der Waals surface area contributed by atoms with Gasteiger partial charge in [0.15, 0.2) is 5.78 Å². The molecule has 0 fully saturated rings. The molecular weight excluding hydrogens is 214 g/mol. The van der Waals surface area contributed by atoms with E-state index in [0.717, 1.165) is 0 Å². The van der Waals surface area contributed by atoms with Gasteiger partial charge in [-0.25, -0.2) is 0 Å². The normalized spacial score (nSPS) is 10.5. The van der Waals surface area contributed by atoms with Crippen molar-refractivity contribution in [2.24, 2.45) is 0 Å². The molecule has 1 rings (SSSR count). The van der Waals surface area contributed by atoms with Gasteiger partial charge < -0.3 is 5.32 Å². The number of allylic oxidation sites excluding steroid dienone is 4. The Labute approximate surface area is 100 Å². The summed E-state index contributed by atoms with van der Waals surface area (Å²) in [6.07, 6.45) is 5.09. The first-order valence-corrected chi connectivity index (χ1v) is 5.03. The topological polar surface area (TPSA) is 46.2 Å². The first-order chi connectivity index (χ1) is 8.24. The Morgan fingerprint density at radius 2 is 1.94 bits per heavy atom. The maximum Gasteiger partial charge on any atom is 0.211 e. The number of benzene rings is 1. The quantitative estimate of drug-likeness (QED) is 0.351. The van der Waals surface area contributed by atoms with Crippen molar-refractivity contribution in [2.45, 2.75) is 0 Å². The van der Waals surface area contributed by atoms with Crippen LogP contribution in [0.25, 0.3) is 0 Å². The van der Waals surface area contributed by atoms with Crippen LogP contribution in [-0.2, 0) is 4.79 Å². The van der Waals surface area contributed by atoms with Gasteiger partial charge in [0.2, 0.25) is 6.41 Å². The number of ketones is 1. The van der Waals surface area contributed by atoms with Gasteiger partial charge in [0.05, 0.1) is 5.69 Å². The minimum atomic E-state index is -0.204. The highest BCUT2D eigenvalue weighted by Gasteiger charge is 2.12. The zero-order chi connectivity index (χ0) is 12.7. The van der Waals surface area contributed by atoms with Crippen LogP contribution in [0.4, 0.5) is 5.69 Å². The average Bonchev–Trinajstić information content (AvgIpc) is 2.36. The molecule has 86 valence electrons. The Morgan fingerprint density at radius 1 is 1.24 bits per heavy atom. The van der Waals surface area contributed by atoms with E-state index >= 15 is 0 Å². The molecule has 0 aliphatic carbocycles. The Kier molecular flexibility index (Phi) is 4.63. The third kappa shape index (κ3) is 3.01. The van der Waals surface area contributed by atoms with Crippen molar-refractivity contribution in [3.8, 4) is 0 Å². The molecule has 1 aromatic rings. The number of para-hydroxylation sites is 1. The number of carbonyl (C=O) groups is 2. The summed E-state index contributed by atoms with van der Waals surface area (Å²) in [5, 5.41) is 2.49. The van der Waals surface area contributed by atoms with Crippen molar-refractivity contribution >= 4 is 17.9 Å². The van der Waals surface area contributed by atoms with E-state index in [9.17, 15) is 9.59 Å². The fourth-order valence-corrected chi connectivity index (χ4v) is 1.39. The summed E-state index contributed by atoms with van der Waals surface area (Å²) in [4.78, 5) is 22.6. The average molecular weight is 227 g/mol. The molecule has 0 aromatic heterocycles. The van der Waals surface area contributed by atoms with Crippen LogP contribution in [0.3, 0.4) is 0 Å². The molecule has 1 N–H and O–H groups in total. The highest BCUT2D eigenvalue weighted by atomic mass is 16.1. The molecule has 0 saturated carbocycles. The second-order valence-corrected chi connectivity index (χ2v) is 3.20. The van der Waals surface area contributed by atoms with Gasteiger partial charge in [0, 0.05) is 11.1 Å². The highest BCUT2D eigenvalue weighted by molar-refractivity contribution is 6.14. The predicted octanol–water partition coefficient (Wildman–Crippen LogP) is 2.74. The van der Waals surface area contributed by atoms with Crippen LogP contribution in [0.1, 0.15) is 10.4 Å². The van der Waals surface area contributed by atoms with Gasteiger partial charge in [-0.2, -0.15) is 0 Å². The van der Waals surface area contributed by atoms with Crippen LogP contribution in [0.15, 0.2) is 61.2 Å². The number of Topliss-reactive ketones (excluding diaryl/α,β-unsaturated/α-hetero) is 1. The Morgan fingerprint density at radius 3 is 2.53 bits per heavy atom. The summed E-state index contributed by atoms with van der Waals surface area (Å²) in [6.45, 7) is 7.11. The van der Waals surface area contributed by atoms with Crippen LogP contribution in [0.5, 0.6) is 0 Å². The molecule has 0 spiro atoms. The molecule has 0 bridgehead atoms. The maximum absolute atomic E-state index is 12.1. The zero-order valence-electron chi connectivity index (χ0n) is 9.35. The van der Waals surface area contributed by atoms with Crippen molar-refractivity contribution in [3.05, 3.63) is 66.8 Å². The summed E-state index contributed by atoms with van der Waals surface area (Å²) in [5.74, 6) is -0.204. The minimum absolute atomic E-state index is 0.204. The van der Waals surface area contributed by atoms with E-state index in [0.29, 0.717) is 23.2 Å². The summed E-state index contributed by atoms with van der Waals surface area (Å²) in [7, 11) is 0. The number of carbonyl (C=O) groups excluding carboxylic acids is 2. The summed E-state index contributed by atoms with van der Waals surface area (Å²) < 4.78 is 0. The van der Waals surface area contributed by atoms with Crippen molar-refractivity contribution < 1.29 is 9.59 Å². The van der Waals surface area contributed by atoms with E-state index < -0.39 is 0 Å². The highest BCUT2D eigenvalue weighted by Crippen LogP contribution is 2.18. The van der Waals surface area contributed by atoms with Gasteiger partial charge in [-0.1, -0.05) is 43.5 Å². The van der Waals surface area contributed by atoms with Gasteiger partial charge in [0.1, 0.15) is 0 Å². The Bertz CT molecular complexity index is 487. The van der Waals surface area contributed by atoms with Gasteiger partial charge in [0.25, 0.3) is 0 Å². The van der Waals surface area contributed by atoms with E-state index in [4.69, 9.17) is 0 Å². The van der Waals surface area contributed by atoms with Crippen LogP contribution in [-0.4, -0.2) is 12.2 Å². The van der Waals surface area contributed by atoms with E-state index in [1.54, 1.807) is 30.3 Å². The van der Waals surface area contributed by atoms with Crippen molar-refractivity contribution in [1.29, 1.82) is 0 Å². The third-order valence-corrected chi connectivity index (χ3v) is 2.17. The summed E-state index contributed by atoms with van der Waals surface area (Å²) in [5.41, 5.74) is 1.33.